The summed E-state index contributed by atoms with van der Waals surface area (Å²) in [5.41, 5.74) is 3.42. The molecule has 0 aliphatic heterocycles. The summed E-state index contributed by atoms with van der Waals surface area (Å²) < 4.78 is 0. The molecule has 0 unspecified atom stereocenters. The Bertz CT molecular complexity index is 967. The molecule has 140 valence electrons. The molecule has 0 atom stereocenters. The van der Waals surface area contributed by atoms with Crippen LogP contribution in [0, 0.1) is 13.8 Å². The highest BCUT2D eigenvalue weighted by atomic mass is 32.1. The van der Waals surface area contributed by atoms with Crippen molar-refractivity contribution < 1.29 is 4.79 Å². The van der Waals surface area contributed by atoms with E-state index in [1.165, 1.54) is 0 Å². The van der Waals surface area contributed by atoms with E-state index >= 15 is 0 Å². The summed E-state index contributed by atoms with van der Waals surface area (Å²) in [4.78, 5) is 30.0. The van der Waals surface area contributed by atoms with Gasteiger partial charge in [0, 0.05) is 55.1 Å². The zero-order valence-corrected chi connectivity index (χ0v) is 17.0. The second-order valence-corrected chi connectivity index (χ2v) is 7.66. The number of aromatic nitrogens is 3. The van der Waals surface area contributed by atoms with E-state index in [1.54, 1.807) is 23.3 Å². The van der Waals surface area contributed by atoms with E-state index in [2.05, 4.69) is 15.0 Å². The fraction of sp³-hybridized carbons (Fsp3) is 0.300. The monoisotopic (exact) mass is 381 g/mol. The van der Waals surface area contributed by atoms with Crippen LogP contribution in [0.3, 0.4) is 0 Å². The summed E-state index contributed by atoms with van der Waals surface area (Å²) in [6.45, 7) is 4.43. The molecule has 6 nitrogen and oxygen atoms in total. The Hall–Kier alpha value is -2.80. The number of hydrogen-bond donors (Lipinski definition) is 0. The van der Waals surface area contributed by atoms with Crippen LogP contribution in [0.5, 0.6) is 0 Å². The molecule has 7 heteroatoms. The van der Waals surface area contributed by atoms with Gasteiger partial charge >= 0.3 is 0 Å². The molecule has 0 saturated heterocycles. The fourth-order valence-corrected chi connectivity index (χ4v) is 3.61. The first-order valence-corrected chi connectivity index (χ1v) is 9.51. The number of nitrogens with zero attached hydrogens (tertiary/aromatic N) is 5. The van der Waals surface area contributed by atoms with Crippen molar-refractivity contribution in [1.29, 1.82) is 0 Å². The summed E-state index contributed by atoms with van der Waals surface area (Å²) in [5.74, 6) is 1.43. The first kappa shape index (κ1) is 19.0. The minimum absolute atomic E-state index is 0.0513. The van der Waals surface area contributed by atoms with Crippen LogP contribution in [0.4, 0.5) is 5.82 Å². The average molecular weight is 382 g/mol. The van der Waals surface area contributed by atoms with Crippen molar-refractivity contribution in [3.8, 4) is 11.4 Å². The largest absolute Gasteiger partial charge is 0.362 e. The molecule has 0 bridgehead atoms. The summed E-state index contributed by atoms with van der Waals surface area (Å²) in [5, 5.41) is 2.92. The quantitative estimate of drug-likeness (QED) is 0.676. The van der Waals surface area contributed by atoms with Crippen molar-refractivity contribution in [3.05, 3.63) is 57.7 Å². The Morgan fingerprint density at radius 3 is 2.59 bits per heavy atom. The molecular weight excluding hydrogens is 358 g/mol. The molecule has 0 aliphatic carbocycles. The maximum absolute atomic E-state index is 12.8. The molecule has 0 fully saturated rings. The Balaban J connectivity index is 1.84. The van der Waals surface area contributed by atoms with Crippen molar-refractivity contribution in [2.24, 2.45) is 0 Å². The van der Waals surface area contributed by atoms with E-state index in [0.29, 0.717) is 17.9 Å². The smallest absolute Gasteiger partial charge is 0.253 e. The Kier molecular flexibility index (Phi) is 5.51. The molecule has 3 aromatic rings. The molecule has 3 rings (SSSR count). The summed E-state index contributed by atoms with van der Waals surface area (Å²) in [6.07, 6.45) is 1.81. The molecule has 0 N–H and O–H groups in total. The van der Waals surface area contributed by atoms with E-state index < -0.39 is 0 Å². The highest BCUT2D eigenvalue weighted by Gasteiger charge is 2.15. The third kappa shape index (κ3) is 4.31. The SMILES string of the molecule is Cc1csc(CN(C)C(=O)c2cccc(-c3ncc(C)c(N(C)C)n3)c2)n1. The molecule has 0 saturated carbocycles. The van der Waals surface area contributed by atoms with Crippen LogP contribution in [0.25, 0.3) is 11.4 Å². The normalized spacial score (nSPS) is 10.7. The van der Waals surface area contributed by atoms with E-state index in [1.807, 2.05) is 68.7 Å². The summed E-state index contributed by atoms with van der Waals surface area (Å²) >= 11 is 1.57. The lowest BCUT2D eigenvalue weighted by Crippen LogP contribution is -2.26. The van der Waals surface area contributed by atoms with Crippen molar-refractivity contribution in [2.45, 2.75) is 20.4 Å². The van der Waals surface area contributed by atoms with Gasteiger partial charge in [0.15, 0.2) is 5.82 Å². The third-order valence-corrected chi connectivity index (χ3v) is 5.07. The van der Waals surface area contributed by atoms with Crippen LogP contribution in [0.2, 0.25) is 0 Å². The molecule has 2 heterocycles. The van der Waals surface area contributed by atoms with Crippen LogP contribution in [0.1, 0.15) is 26.6 Å². The predicted molar refractivity (Wildman–Crippen MR) is 109 cm³/mol. The molecule has 2 aromatic heterocycles. The maximum Gasteiger partial charge on any atom is 0.253 e. The van der Waals surface area contributed by atoms with Crippen molar-refractivity contribution >= 4 is 23.1 Å². The molecule has 0 aliphatic rings. The number of hydrogen-bond acceptors (Lipinski definition) is 6. The highest BCUT2D eigenvalue weighted by Crippen LogP contribution is 2.22. The number of amides is 1. The van der Waals surface area contributed by atoms with E-state index in [0.717, 1.165) is 27.6 Å². The fourth-order valence-electron chi connectivity index (χ4n) is 2.79. The number of rotatable bonds is 5. The van der Waals surface area contributed by atoms with Gasteiger partial charge in [0.05, 0.1) is 6.54 Å². The van der Waals surface area contributed by atoms with Crippen LogP contribution in [0.15, 0.2) is 35.8 Å². The standard InChI is InChI=1S/C20H23N5OS/c1-13-10-21-18(23-19(13)24(3)4)15-7-6-8-16(9-15)20(26)25(5)11-17-22-14(2)12-27-17/h6-10,12H,11H2,1-5H3. The van der Waals surface area contributed by atoms with Gasteiger partial charge in [-0.15, -0.1) is 11.3 Å². The van der Waals surface area contributed by atoms with Gasteiger partial charge in [0.2, 0.25) is 0 Å². The van der Waals surface area contributed by atoms with Gasteiger partial charge in [-0.05, 0) is 26.0 Å². The molecule has 1 amide bonds. The summed E-state index contributed by atoms with van der Waals surface area (Å²) in [7, 11) is 5.70. The van der Waals surface area contributed by atoms with E-state index in [9.17, 15) is 4.79 Å². The molecular formula is C20H23N5OS. The molecule has 1 aromatic carbocycles. The van der Waals surface area contributed by atoms with Gasteiger partial charge in [-0.2, -0.15) is 0 Å². The third-order valence-electron chi connectivity index (χ3n) is 4.12. The molecule has 0 radical (unpaired) electrons. The number of aryl methyl sites for hydroxylation is 2. The first-order valence-electron chi connectivity index (χ1n) is 8.63. The number of anilines is 1. The van der Waals surface area contributed by atoms with Crippen LogP contribution in [-0.2, 0) is 6.54 Å². The molecule has 0 spiro atoms. The topological polar surface area (TPSA) is 62.2 Å². The van der Waals surface area contributed by atoms with Gasteiger partial charge in [0.1, 0.15) is 10.8 Å². The van der Waals surface area contributed by atoms with Gasteiger partial charge in [-0.25, -0.2) is 15.0 Å². The summed E-state index contributed by atoms with van der Waals surface area (Å²) in [6, 6.07) is 7.44. The number of carbonyl (C=O) groups is 1. The lowest BCUT2D eigenvalue weighted by atomic mass is 10.1. The minimum Gasteiger partial charge on any atom is -0.362 e. The van der Waals surface area contributed by atoms with Gasteiger partial charge < -0.3 is 9.80 Å². The van der Waals surface area contributed by atoms with E-state index in [4.69, 9.17) is 0 Å². The number of carbonyl (C=O) groups excluding carboxylic acids is 1. The van der Waals surface area contributed by atoms with Crippen molar-refractivity contribution in [1.82, 2.24) is 19.9 Å². The van der Waals surface area contributed by atoms with Gasteiger partial charge in [-0.3, -0.25) is 4.79 Å². The second kappa shape index (κ2) is 7.84. The van der Waals surface area contributed by atoms with Gasteiger partial charge in [0.25, 0.3) is 5.91 Å². The number of benzene rings is 1. The minimum atomic E-state index is -0.0513. The Morgan fingerprint density at radius 1 is 1.15 bits per heavy atom. The maximum atomic E-state index is 12.8. The Labute approximate surface area is 163 Å². The first-order chi connectivity index (χ1) is 12.8. The average Bonchev–Trinajstić information content (AvgIpc) is 3.06. The van der Waals surface area contributed by atoms with Crippen molar-refractivity contribution in [3.63, 3.8) is 0 Å². The lowest BCUT2D eigenvalue weighted by molar-refractivity contribution is 0.0785. The number of thiazole rings is 1. The van der Waals surface area contributed by atoms with E-state index in [-0.39, 0.29) is 5.91 Å². The van der Waals surface area contributed by atoms with Crippen LogP contribution < -0.4 is 4.90 Å². The lowest BCUT2D eigenvalue weighted by Gasteiger charge is -2.17. The predicted octanol–water partition coefficient (Wildman–Crippen LogP) is 3.56. The zero-order chi connectivity index (χ0) is 19.6. The van der Waals surface area contributed by atoms with Gasteiger partial charge in [-0.1, -0.05) is 12.1 Å². The highest BCUT2D eigenvalue weighted by molar-refractivity contribution is 7.09. The Morgan fingerprint density at radius 2 is 1.93 bits per heavy atom. The molecule has 27 heavy (non-hydrogen) atoms. The van der Waals surface area contributed by atoms with Crippen LogP contribution in [-0.4, -0.2) is 46.9 Å². The second-order valence-electron chi connectivity index (χ2n) is 6.72. The zero-order valence-electron chi connectivity index (χ0n) is 16.2. The van der Waals surface area contributed by atoms with Crippen LogP contribution >= 0.6 is 11.3 Å². The van der Waals surface area contributed by atoms with Crippen molar-refractivity contribution in [2.75, 3.05) is 26.0 Å².